The summed E-state index contributed by atoms with van der Waals surface area (Å²) in [6, 6.07) is 11.7. The molecule has 1 atom stereocenters. The Hall–Kier alpha value is -2.59. The lowest BCUT2D eigenvalue weighted by Gasteiger charge is -2.33. The van der Waals surface area contributed by atoms with Gasteiger partial charge in [-0.05, 0) is 57.0 Å². The number of piperidine rings is 1. The molecule has 0 spiro atoms. The number of benzene rings is 2. The maximum absolute atomic E-state index is 12.8. The van der Waals surface area contributed by atoms with Gasteiger partial charge in [-0.15, -0.1) is 0 Å². The van der Waals surface area contributed by atoms with Crippen molar-refractivity contribution in [2.45, 2.75) is 45.7 Å². The summed E-state index contributed by atoms with van der Waals surface area (Å²) in [6.07, 6.45) is 5.34. The van der Waals surface area contributed by atoms with E-state index in [1.165, 1.54) is 18.4 Å². The summed E-state index contributed by atoms with van der Waals surface area (Å²) in [5.74, 6) is 0.887. The van der Waals surface area contributed by atoms with E-state index in [2.05, 4.69) is 11.8 Å². The molecule has 140 valence electrons. The first kappa shape index (κ1) is 17.8. The summed E-state index contributed by atoms with van der Waals surface area (Å²) in [4.78, 5) is 15.2. The molecule has 1 fully saturated rings. The van der Waals surface area contributed by atoms with Gasteiger partial charge in [0.15, 0.2) is 5.76 Å². The zero-order valence-electron chi connectivity index (χ0n) is 15.9. The molecule has 0 aromatic heterocycles. The molecule has 2 heterocycles. The number of rotatable bonds is 3. The number of carbonyl (C=O) groups excluding carboxylic acids is 1. The molecule has 4 rings (SSSR count). The van der Waals surface area contributed by atoms with Crippen LogP contribution < -0.4 is 4.74 Å². The minimum Gasteiger partial charge on any atom is -0.507 e. The number of nitrogens with zero attached hydrogens (tertiary/aromatic N) is 1. The Morgan fingerprint density at radius 2 is 1.96 bits per heavy atom. The van der Waals surface area contributed by atoms with Crippen LogP contribution in [0, 0.1) is 6.92 Å². The van der Waals surface area contributed by atoms with Gasteiger partial charge in [0.05, 0.1) is 11.1 Å². The molecule has 1 N–H and O–H groups in total. The molecule has 27 heavy (non-hydrogen) atoms. The Kier molecular flexibility index (Phi) is 4.75. The molecule has 0 bridgehead atoms. The minimum atomic E-state index is -0.126. The minimum absolute atomic E-state index is 0.126. The number of ketones is 1. The number of phenolic OH excluding ortho intramolecular Hbond substituents is 1. The molecule has 4 heteroatoms. The second kappa shape index (κ2) is 7.20. The van der Waals surface area contributed by atoms with Crippen molar-refractivity contribution in [3.8, 4) is 11.5 Å². The number of Topliss-reactive ketones (excluding diaryl/α,β-unsaturated/α-hetero) is 1. The summed E-state index contributed by atoms with van der Waals surface area (Å²) >= 11 is 0. The Balaban J connectivity index is 1.65. The molecule has 0 saturated carbocycles. The molecule has 4 nitrogen and oxygen atoms in total. The number of hydrogen-bond acceptors (Lipinski definition) is 4. The first-order valence-electron chi connectivity index (χ1n) is 9.63. The van der Waals surface area contributed by atoms with Gasteiger partial charge in [0.25, 0.3) is 0 Å². The van der Waals surface area contributed by atoms with Gasteiger partial charge in [-0.25, -0.2) is 0 Å². The van der Waals surface area contributed by atoms with E-state index in [4.69, 9.17) is 4.74 Å². The lowest BCUT2D eigenvalue weighted by Crippen LogP contribution is -2.36. The highest BCUT2D eigenvalue weighted by atomic mass is 16.5. The zero-order chi connectivity index (χ0) is 19.0. The highest BCUT2D eigenvalue weighted by molar-refractivity contribution is 6.15. The van der Waals surface area contributed by atoms with Crippen LogP contribution >= 0.6 is 0 Å². The quantitative estimate of drug-likeness (QED) is 0.804. The topological polar surface area (TPSA) is 49.8 Å². The fourth-order valence-corrected chi connectivity index (χ4v) is 3.86. The van der Waals surface area contributed by atoms with Crippen LogP contribution in [0.4, 0.5) is 0 Å². The SMILES string of the molecule is Cc1ccc(/C=C2\Oc3c(ccc(O)c3CN3CCCC[C@@H]3C)C2=O)cc1. The van der Waals surface area contributed by atoms with Gasteiger partial charge < -0.3 is 9.84 Å². The molecule has 2 aliphatic rings. The Bertz CT molecular complexity index is 899. The molecule has 2 aliphatic heterocycles. The van der Waals surface area contributed by atoms with Gasteiger partial charge >= 0.3 is 0 Å². The van der Waals surface area contributed by atoms with Crippen LogP contribution in [-0.4, -0.2) is 28.4 Å². The van der Waals surface area contributed by atoms with Crippen molar-refractivity contribution in [1.29, 1.82) is 0 Å². The van der Waals surface area contributed by atoms with Gasteiger partial charge in [-0.2, -0.15) is 0 Å². The van der Waals surface area contributed by atoms with Gasteiger partial charge in [0, 0.05) is 12.6 Å². The van der Waals surface area contributed by atoms with Gasteiger partial charge in [-0.1, -0.05) is 36.2 Å². The van der Waals surface area contributed by atoms with E-state index in [1.807, 2.05) is 31.2 Å². The van der Waals surface area contributed by atoms with Crippen LogP contribution in [0.25, 0.3) is 6.08 Å². The zero-order valence-corrected chi connectivity index (χ0v) is 15.9. The molecule has 2 aromatic rings. The smallest absolute Gasteiger partial charge is 0.231 e. The third-order valence-corrected chi connectivity index (χ3v) is 5.59. The molecular formula is C23H25NO3. The number of aromatic hydroxyl groups is 1. The molecule has 0 unspecified atom stereocenters. The van der Waals surface area contributed by atoms with Crippen molar-refractivity contribution in [3.63, 3.8) is 0 Å². The average Bonchev–Trinajstić information content (AvgIpc) is 2.97. The largest absolute Gasteiger partial charge is 0.507 e. The van der Waals surface area contributed by atoms with Crippen molar-refractivity contribution < 1.29 is 14.6 Å². The summed E-state index contributed by atoms with van der Waals surface area (Å²) in [6.45, 7) is 5.85. The van der Waals surface area contributed by atoms with Gasteiger partial charge in [0.1, 0.15) is 11.5 Å². The van der Waals surface area contributed by atoms with E-state index in [-0.39, 0.29) is 11.5 Å². The normalized spacial score (nSPS) is 21.3. The number of allylic oxidation sites excluding steroid dienone is 1. The van der Waals surface area contributed by atoms with Crippen molar-refractivity contribution >= 4 is 11.9 Å². The molecule has 0 aliphatic carbocycles. The fourth-order valence-electron chi connectivity index (χ4n) is 3.86. The molecule has 1 saturated heterocycles. The maximum atomic E-state index is 12.8. The second-order valence-corrected chi connectivity index (χ2v) is 7.61. The monoisotopic (exact) mass is 363 g/mol. The van der Waals surface area contributed by atoms with Crippen molar-refractivity contribution in [1.82, 2.24) is 4.90 Å². The number of aryl methyl sites for hydroxylation is 1. The van der Waals surface area contributed by atoms with Crippen LogP contribution in [-0.2, 0) is 6.54 Å². The summed E-state index contributed by atoms with van der Waals surface area (Å²) in [5.41, 5.74) is 3.34. The highest BCUT2D eigenvalue weighted by Crippen LogP contribution is 2.40. The second-order valence-electron chi connectivity index (χ2n) is 7.61. The summed E-state index contributed by atoms with van der Waals surface area (Å²) in [5, 5.41) is 10.4. The van der Waals surface area contributed by atoms with Crippen LogP contribution in [0.15, 0.2) is 42.2 Å². The van der Waals surface area contributed by atoms with Crippen LogP contribution in [0.5, 0.6) is 11.5 Å². The van der Waals surface area contributed by atoms with Crippen LogP contribution in [0.3, 0.4) is 0 Å². The maximum Gasteiger partial charge on any atom is 0.231 e. The average molecular weight is 363 g/mol. The van der Waals surface area contributed by atoms with E-state index < -0.39 is 0 Å². The third kappa shape index (κ3) is 3.50. The highest BCUT2D eigenvalue weighted by Gasteiger charge is 2.32. The lowest BCUT2D eigenvalue weighted by atomic mass is 10.0. The predicted molar refractivity (Wildman–Crippen MR) is 106 cm³/mol. The Morgan fingerprint density at radius 3 is 2.70 bits per heavy atom. The standard InChI is InChI=1S/C23H25NO3/c1-15-6-8-17(9-7-15)13-21-22(26)18-10-11-20(25)19(23(18)27-21)14-24-12-4-3-5-16(24)2/h6-11,13,16,25H,3-5,12,14H2,1-2H3/b21-13-/t16-/m0/s1. The first-order chi connectivity index (χ1) is 13.0. The molecule has 0 amide bonds. The van der Waals surface area contributed by atoms with Crippen molar-refractivity contribution in [3.05, 3.63) is 64.4 Å². The van der Waals surface area contributed by atoms with E-state index >= 15 is 0 Å². The number of fused-ring (bicyclic) bond motifs is 1. The lowest BCUT2D eigenvalue weighted by molar-refractivity contribution is 0.101. The first-order valence-corrected chi connectivity index (χ1v) is 9.63. The number of ether oxygens (including phenoxy) is 1. The Labute approximate surface area is 160 Å². The fraction of sp³-hybridized carbons (Fsp3) is 0.348. The third-order valence-electron chi connectivity index (χ3n) is 5.59. The van der Waals surface area contributed by atoms with E-state index in [1.54, 1.807) is 18.2 Å². The number of likely N-dealkylation sites (tertiary alicyclic amines) is 1. The number of phenols is 1. The van der Waals surface area contributed by atoms with Crippen LogP contribution in [0.1, 0.15) is 53.2 Å². The molecule has 2 aromatic carbocycles. The van der Waals surface area contributed by atoms with Crippen LogP contribution in [0.2, 0.25) is 0 Å². The molecular weight excluding hydrogens is 338 g/mol. The van der Waals surface area contributed by atoms with Gasteiger partial charge in [0.2, 0.25) is 5.78 Å². The number of hydrogen-bond donors (Lipinski definition) is 1. The van der Waals surface area contributed by atoms with E-state index in [9.17, 15) is 9.90 Å². The Morgan fingerprint density at radius 1 is 1.19 bits per heavy atom. The predicted octanol–water partition coefficient (Wildman–Crippen LogP) is 4.69. The number of carbonyl (C=O) groups is 1. The molecule has 0 radical (unpaired) electrons. The summed E-state index contributed by atoms with van der Waals surface area (Å²) < 4.78 is 5.97. The van der Waals surface area contributed by atoms with Gasteiger partial charge in [-0.3, -0.25) is 9.69 Å². The van der Waals surface area contributed by atoms with Crippen molar-refractivity contribution in [2.75, 3.05) is 6.54 Å². The summed E-state index contributed by atoms with van der Waals surface area (Å²) in [7, 11) is 0. The van der Waals surface area contributed by atoms with Crippen molar-refractivity contribution in [2.24, 2.45) is 0 Å². The van der Waals surface area contributed by atoms with E-state index in [0.717, 1.165) is 18.5 Å². The van der Waals surface area contributed by atoms with E-state index in [0.29, 0.717) is 35.2 Å².